The van der Waals surface area contributed by atoms with Gasteiger partial charge in [-0.2, -0.15) is 0 Å². The highest BCUT2D eigenvalue weighted by molar-refractivity contribution is 7.93. The highest BCUT2D eigenvalue weighted by Crippen LogP contribution is 2.26. The number of methoxy groups -OCH3 is 1. The summed E-state index contributed by atoms with van der Waals surface area (Å²) in [6.07, 6.45) is 3.37. The molecule has 104 valence electrons. The summed E-state index contributed by atoms with van der Waals surface area (Å²) in [7, 11) is -2.01. The van der Waals surface area contributed by atoms with E-state index in [0.717, 1.165) is 25.7 Å². The fourth-order valence-electron chi connectivity index (χ4n) is 2.24. The number of anilines is 1. The number of sulfonamides is 1. The van der Waals surface area contributed by atoms with Crippen molar-refractivity contribution in [2.75, 3.05) is 11.8 Å². The van der Waals surface area contributed by atoms with Crippen LogP contribution in [-0.4, -0.2) is 26.7 Å². The van der Waals surface area contributed by atoms with E-state index < -0.39 is 16.0 Å². The van der Waals surface area contributed by atoms with Gasteiger partial charge in [0.05, 0.1) is 17.9 Å². The molecule has 0 amide bonds. The van der Waals surface area contributed by atoms with E-state index in [1.54, 1.807) is 24.3 Å². The summed E-state index contributed by atoms with van der Waals surface area (Å²) in [4.78, 5) is 11.3. The van der Waals surface area contributed by atoms with Crippen molar-refractivity contribution >= 4 is 21.7 Å². The van der Waals surface area contributed by atoms with E-state index in [1.165, 1.54) is 7.11 Å². The van der Waals surface area contributed by atoms with Crippen LogP contribution in [0.3, 0.4) is 0 Å². The Kier molecular flexibility index (Phi) is 4.09. The lowest BCUT2D eigenvalue weighted by molar-refractivity contribution is 0.0601. The summed E-state index contributed by atoms with van der Waals surface area (Å²) in [6.45, 7) is 0. The molecule has 1 aliphatic rings. The van der Waals surface area contributed by atoms with Gasteiger partial charge in [0.1, 0.15) is 0 Å². The average Bonchev–Trinajstić information content (AvgIpc) is 2.93. The van der Waals surface area contributed by atoms with Gasteiger partial charge in [0.25, 0.3) is 0 Å². The van der Waals surface area contributed by atoms with Crippen molar-refractivity contribution < 1.29 is 17.9 Å². The molecule has 1 saturated carbocycles. The zero-order valence-corrected chi connectivity index (χ0v) is 11.6. The first-order chi connectivity index (χ1) is 9.03. The maximum atomic E-state index is 12.1. The second kappa shape index (κ2) is 5.61. The van der Waals surface area contributed by atoms with E-state index in [-0.39, 0.29) is 5.25 Å². The summed E-state index contributed by atoms with van der Waals surface area (Å²) >= 11 is 0. The van der Waals surface area contributed by atoms with Gasteiger partial charge in [0.2, 0.25) is 10.0 Å². The molecule has 19 heavy (non-hydrogen) atoms. The first-order valence-corrected chi connectivity index (χ1v) is 7.77. The van der Waals surface area contributed by atoms with Gasteiger partial charge < -0.3 is 4.74 Å². The van der Waals surface area contributed by atoms with Crippen LogP contribution in [0.25, 0.3) is 0 Å². The van der Waals surface area contributed by atoms with Crippen LogP contribution in [0.4, 0.5) is 5.69 Å². The van der Waals surface area contributed by atoms with Crippen LogP contribution in [-0.2, 0) is 14.8 Å². The van der Waals surface area contributed by atoms with Crippen molar-refractivity contribution in [1.29, 1.82) is 0 Å². The monoisotopic (exact) mass is 283 g/mol. The highest BCUT2D eigenvalue weighted by atomic mass is 32.2. The van der Waals surface area contributed by atoms with Crippen molar-refractivity contribution in [3.63, 3.8) is 0 Å². The zero-order chi connectivity index (χ0) is 13.9. The number of hydrogen-bond acceptors (Lipinski definition) is 4. The Balaban J connectivity index is 2.09. The molecular formula is C13H17NO4S. The Labute approximate surface area is 113 Å². The van der Waals surface area contributed by atoms with Crippen LogP contribution in [0.1, 0.15) is 36.0 Å². The molecule has 0 unspecified atom stereocenters. The molecule has 0 bridgehead atoms. The molecule has 0 spiro atoms. The molecule has 0 saturated heterocycles. The predicted molar refractivity (Wildman–Crippen MR) is 72.6 cm³/mol. The minimum atomic E-state index is -3.32. The Hall–Kier alpha value is -1.56. The molecule has 1 N–H and O–H groups in total. The smallest absolute Gasteiger partial charge is 0.337 e. The maximum absolute atomic E-state index is 12.1. The molecular weight excluding hydrogens is 266 g/mol. The first kappa shape index (κ1) is 13.9. The molecule has 1 fully saturated rings. The molecule has 0 radical (unpaired) electrons. The minimum absolute atomic E-state index is 0.298. The Bertz CT molecular complexity index is 545. The van der Waals surface area contributed by atoms with Gasteiger partial charge in [0, 0.05) is 5.69 Å². The van der Waals surface area contributed by atoms with Crippen LogP contribution in [0, 0.1) is 0 Å². The lowest BCUT2D eigenvalue weighted by Gasteiger charge is -2.13. The number of ether oxygens (including phenoxy) is 1. The normalized spacial score (nSPS) is 16.3. The summed E-state index contributed by atoms with van der Waals surface area (Å²) in [6, 6.07) is 6.22. The van der Waals surface area contributed by atoms with E-state index in [2.05, 4.69) is 9.46 Å². The largest absolute Gasteiger partial charge is 0.465 e. The number of nitrogens with one attached hydrogen (secondary N) is 1. The fourth-order valence-corrected chi connectivity index (χ4v) is 3.82. The molecule has 1 aliphatic carbocycles. The second-order valence-electron chi connectivity index (χ2n) is 4.62. The molecule has 2 rings (SSSR count). The molecule has 6 heteroatoms. The summed E-state index contributed by atoms with van der Waals surface area (Å²) in [5.41, 5.74) is 0.867. The fraction of sp³-hybridized carbons (Fsp3) is 0.462. The molecule has 0 heterocycles. The Morgan fingerprint density at radius 1 is 1.21 bits per heavy atom. The van der Waals surface area contributed by atoms with E-state index in [9.17, 15) is 13.2 Å². The van der Waals surface area contributed by atoms with Crippen molar-refractivity contribution in [1.82, 2.24) is 0 Å². The summed E-state index contributed by atoms with van der Waals surface area (Å²) < 4.78 is 31.3. The number of benzene rings is 1. The number of hydrogen-bond donors (Lipinski definition) is 1. The second-order valence-corrected chi connectivity index (χ2v) is 6.58. The van der Waals surface area contributed by atoms with Crippen LogP contribution < -0.4 is 4.72 Å². The van der Waals surface area contributed by atoms with Crippen LogP contribution in [0.5, 0.6) is 0 Å². The maximum Gasteiger partial charge on any atom is 0.337 e. The third-order valence-electron chi connectivity index (χ3n) is 3.31. The lowest BCUT2D eigenvalue weighted by Crippen LogP contribution is -2.25. The first-order valence-electron chi connectivity index (χ1n) is 6.23. The predicted octanol–water partition coefficient (Wildman–Crippen LogP) is 2.16. The number of carbonyl (C=O) groups is 1. The van der Waals surface area contributed by atoms with E-state index in [4.69, 9.17) is 0 Å². The third-order valence-corrected chi connectivity index (χ3v) is 5.18. The van der Waals surface area contributed by atoms with Crippen molar-refractivity contribution in [2.24, 2.45) is 0 Å². The van der Waals surface area contributed by atoms with Crippen LogP contribution in [0.15, 0.2) is 24.3 Å². The zero-order valence-electron chi connectivity index (χ0n) is 10.8. The Morgan fingerprint density at radius 2 is 1.79 bits per heavy atom. The third kappa shape index (κ3) is 3.26. The van der Waals surface area contributed by atoms with E-state index in [0.29, 0.717) is 11.3 Å². The SMILES string of the molecule is COC(=O)c1ccc(NS(=O)(=O)C2CCCC2)cc1. The van der Waals surface area contributed by atoms with E-state index in [1.807, 2.05) is 0 Å². The van der Waals surface area contributed by atoms with E-state index >= 15 is 0 Å². The van der Waals surface area contributed by atoms with Gasteiger partial charge in [0.15, 0.2) is 0 Å². The molecule has 5 nitrogen and oxygen atoms in total. The summed E-state index contributed by atoms with van der Waals surface area (Å²) in [5, 5.41) is -0.298. The molecule has 0 aromatic heterocycles. The number of carbonyl (C=O) groups excluding carboxylic acids is 1. The topological polar surface area (TPSA) is 72.5 Å². The Morgan fingerprint density at radius 3 is 2.32 bits per heavy atom. The number of esters is 1. The van der Waals surface area contributed by atoms with Crippen molar-refractivity contribution in [3.05, 3.63) is 29.8 Å². The quantitative estimate of drug-likeness (QED) is 0.859. The standard InChI is InChI=1S/C13H17NO4S/c1-18-13(15)10-6-8-11(9-7-10)14-19(16,17)12-4-2-3-5-12/h6-9,12,14H,2-5H2,1H3. The number of rotatable bonds is 4. The van der Waals surface area contributed by atoms with Gasteiger partial charge in [-0.05, 0) is 37.1 Å². The average molecular weight is 283 g/mol. The lowest BCUT2D eigenvalue weighted by atomic mass is 10.2. The molecule has 1 aromatic carbocycles. The van der Waals surface area contributed by atoms with Crippen LogP contribution in [0.2, 0.25) is 0 Å². The van der Waals surface area contributed by atoms with Crippen molar-refractivity contribution in [2.45, 2.75) is 30.9 Å². The minimum Gasteiger partial charge on any atom is -0.465 e. The van der Waals surface area contributed by atoms with Gasteiger partial charge >= 0.3 is 5.97 Å². The van der Waals surface area contributed by atoms with Crippen molar-refractivity contribution in [3.8, 4) is 0 Å². The van der Waals surface area contributed by atoms with Crippen LogP contribution >= 0.6 is 0 Å². The van der Waals surface area contributed by atoms with Gasteiger partial charge in [-0.1, -0.05) is 12.8 Å². The molecule has 0 atom stereocenters. The molecule has 1 aromatic rings. The van der Waals surface area contributed by atoms with Gasteiger partial charge in [-0.25, -0.2) is 13.2 Å². The molecule has 0 aliphatic heterocycles. The summed E-state index contributed by atoms with van der Waals surface area (Å²) in [5.74, 6) is -0.440. The highest BCUT2D eigenvalue weighted by Gasteiger charge is 2.28. The van der Waals surface area contributed by atoms with Gasteiger partial charge in [-0.3, -0.25) is 4.72 Å². The van der Waals surface area contributed by atoms with Gasteiger partial charge in [-0.15, -0.1) is 0 Å².